The molecule has 1 aliphatic carbocycles. The fraction of sp³-hybridized carbons (Fsp3) is 0.333. The van der Waals surface area contributed by atoms with Gasteiger partial charge in [0.2, 0.25) is 0 Å². The van der Waals surface area contributed by atoms with Crippen molar-refractivity contribution in [1.82, 2.24) is 10.2 Å². The zero-order valence-corrected chi connectivity index (χ0v) is 12.6. The quantitative estimate of drug-likeness (QED) is 0.664. The Hall–Kier alpha value is -1.46. The number of hydrogen-bond donors (Lipinski definition) is 1. The van der Waals surface area contributed by atoms with Gasteiger partial charge in [-0.05, 0) is 36.6 Å². The van der Waals surface area contributed by atoms with Crippen molar-refractivity contribution < 1.29 is 9.59 Å². The first kappa shape index (κ1) is 13.5. The monoisotopic (exact) mass is 334 g/mol. The van der Waals surface area contributed by atoms with Gasteiger partial charge in [-0.25, -0.2) is 0 Å². The van der Waals surface area contributed by atoms with E-state index in [0.717, 1.165) is 10.0 Å². The highest BCUT2D eigenvalue weighted by atomic mass is 79.9. The Bertz CT molecular complexity index is 608. The van der Waals surface area contributed by atoms with Gasteiger partial charge in [-0.15, -0.1) is 0 Å². The molecule has 0 aromatic heterocycles. The minimum atomic E-state index is -0.237. The van der Waals surface area contributed by atoms with Crippen molar-refractivity contribution in [2.24, 2.45) is 0 Å². The van der Waals surface area contributed by atoms with Crippen LogP contribution in [0.4, 0.5) is 0 Å². The molecule has 2 amide bonds. The Balaban J connectivity index is 1.70. The Labute approximate surface area is 126 Å². The molecule has 0 atom stereocenters. The molecular formula is C15H15BrN2O2. The van der Waals surface area contributed by atoms with Crippen molar-refractivity contribution in [3.05, 3.63) is 46.0 Å². The summed E-state index contributed by atoms with van der Waals surface area (Å²) < 4.78 is 0.800. The van der Waals surface area contributed by atoms with Crippen LogP contribution in [0.5, 0.6) is 0 Å². The van der Waals surface area contributed by atoms with Gasteiger partial charge >= 0.3 is 0 Å². The van der Waals surface area contributed by atoms with E-state index in [0.29, 0.717) is 23.7 Å². The van der Waals surface area contributed by atoms with Crippen LogP contribution in [0.15, 0.2) is 34.8 Å². The fourth-order valence-electron chi connectivity index (χ4n) is 2.26. The van der Waals surface area contributed by atoms with E-state index in [-0.39, 0.29) is 18.4 Å². The number of amides is 2. The van der Waals surface area contributed by atoms with E-state index in [4.69, 9.17) is 0 Å². The van der Waals surface area contributed by atoms with Crippen molar-refractivity contribution >= 4 is 27.7 Å². The highest BCUT2D eigenvalue weighted by Gasteiger charge is 2.35. The van der Waals surface area contributed by atoms with Gasteiger partial charge in [0.05, 0.1) is 17.7 Å². The van der Waals surface area contributed by atoms with Crippen molar-refractivity contribution in [1.29, 1.82) is 0 Å². The molecule has 5 heteroatoms. The summed E-state index contributed by atoms with van der Waals surface area (Å²) in [5.74, 6) is -0.469. The van der Waals surface area contributed by atoms with Crippen LogP contribution >= 0.6 is 15.9 Å². The first-order valence-corrected chi connectivity index (χ1v) is 7.41. The average molecular weight is 335 g/mol. The summed E-state index contributed by atoms with van der Waals surface area (Å²) in [6.07, 6.45) is 2.41. The Morgan fingerprint density at radius 2 is 2.00 bits per heavy atom. The third kappa shape index (κ3) is 2.55. The molecule has 104 valence electrons. The number of nitrogens with zero attached hydrogens (tertiary/aromatic N) is 1. The van der Waals surface area contributed by atoms with Crippen molar-refractivity contribution in [3.8, 4) is 0 Å². The van der Waals surface area contributed by atoms with E-state index in [1.165, 1.54) is 17.7 Å². The summed E-state index contributed by atoms with van der Waals surface area (Å²) in [4.78, 5) is 25.8. The molecular weight excluding hydrogens is 320 g/mol. The molecule has 0 spiro atoms. The molecule has 1 heterocycles. The average Bonchev–Trinajstić information content (AvgIpc) is 3.21. The zero-order chi connectivity index (χ0) is 14.3. The van der Waals surface area contributed by atoms with Gasteiger partial charge in [-0.2, -0.15) is 0 Å². The minimum Gasteiger partial charge on any atom is -0.310 e. The molecule has 0 bridgehead atoms. The van der Waals surface area contributed by atoms with Crippen LogP contribution in [0.3, 0.4) is 0 Å². The standard InChI is InChI=1S/C15H15BrN2O2/c1-9(7-17-11-3-4-11)8-18-14(19)12-5-2-10(16)6-13(12)15(18)20/h2,5-6,11,17H,1,3-4,7-8H2. The van der Waals surface area contributed by atoms with Gasteiger partial charge in [0.15, 0.2) is 0 Å². The molecule has 3 rings (SSSR count). The van der Waals surface area contributed by atoms with E-state index < -0.39 is 0 Å². The largest absolute Gasteiger partial charge is 0.310 e. The number of halogens is 1. The van der Waals surface area contributed by atoms with Crippen molar-refractivity contribution in [2.75, 3.05) is 13.1 Å². The molecule has 2 aliphatic rings. The fourth-order valence-corrected chi connectivity index (χ4v) is 2.62. The molecule has 1 aliphatic heterocycles. The number of hydrogen-bond acceptors (Lipinski definition) is 3. The van der Waals surface area contributed by atoms with Gasteiger partial charge in [0, 0.05) is 17.1 Å². The molecule has 1 aromatic carbocycles. The van der Waals surface area contributed by atoms with Gasteiger partial charge in [0.25, 0.3) is 11.8 Å². The molecule has 4 nitrogen and oxygen atoms in total. The summed E-state index contributed by atoms with van der Waals surface area (Å²) >= 11 is 3.32. The summed E-state index contributed by atoms with van der Waals surface area (Å²) in [5, 5.41) is 3.33. The van der Waals surface area contributed by atoms with Crippen molar-refractivity contribution in [3.63, 3.8) is 0 Å². The maximum atomic E-state index is 12.3. The van der Waals surface area contributed by atoms with Crippen LogP contribution in [-0.2, 0) is 0 Å². The second kappa shape index (κ2) is 5.14. The Morgan fingerprint density at radius 3 is 2.70 bits per heavy atom. The zero-order valence-electron chi connectivity index (χ0n) is 11.0. The number of benzene rings is 1. The lowest BCUT2D eigenvalue weighted by atomic mass is 10.1. The second-order valence-corrected chi connectivity index (χ2v) is 6.21. The molecule has 1 fully saturated rings. The van der Waals surface area contributed by atoms with E-state index in [1.54, 1.807) is 18.2 Å². The molecule has 0 saturated heterocycles. The lowest BCUT2D eigenvalue weighted by molar-refractivity contribution is 0.0667. The third-order valence-corrected chi connectivity index (χ3v) is 4.03. The van der Waals surface area contributed by atoms with Crippen LogP contribution in [0.2, 0.25) is 0 Å². The number of carbonyl (C=O) groups is 2. The maximum Gasteiger partial charge on any atom is 0.261 e. The van der Waals surface area contributed by atoms with Crippen LogP contribution in [-0.4, -0.2) is 35.8 Å². The number of rotatable bonds is 5. The maximum absolute atomic E-state index is 12.3. The summed E-state index contributed by atoms with van der Waals surface area (Å²) in [5.41, 5.74) is 1.79. The van der Waals surface area contributed by atoms with Crippen LogP contribution < -0.4 is 5.32 Å². The predicted molar refractivity (Wildman–Crippen MR) is 79.7 cm³/mol. The molecule has 0 unspecified atom stereocenters. The number of imide groups is 1. The smallest absolute Gasteiger partial charge is 0.261 e. The summed E-state index contributed by atoms with van der Waals surface area (Å²) in [6.45, 7) is 4.89. The SMILES string of the molecule is C=C(CNC1CC1)CN1C(=O)c2ccc(Br)cc2C1=O. The van der Waals surface area contributed by atoms with E-state index in [9.17, 15) is 9.59 Å². The molecule has 1 N–H and O–H groups in total. The number of fused-ring (bicyclic) bond motifs is 1. The normalized spacial score (nSPS) is 17.6. The minimum absolute atomic E-state index is 0.231. The summed E-state index contributed by atoms with van der Waals surface area (Å²) in [7, 11) is 0. The highest BCUT2D eigenvalue weighted by molar-refractivity contribution is 9.10. The van der Waals surface area contributed by atoms with Gasteiger partial charge in [-0.3, -0.25) is 14.5 Å². The Morgan fingerprint density at radius 1 is 1.30 bits per heavy atom. The predicted octanol–water partition coefficient (Wildman–Crippen LogP) is 2.35. The van der Waals surface area contributed by atoms with Crippen LogP contribution in [0.25, 0.3) is 0 Å². The van der Waals surface area contributed by atoms with E-state index in [2.05, 4.69) is 27.8 Å². The number of nitrogens with one attached hydrogen (secondary N) is 1. The van der Waals surface area contributed by atoms with Crippen LogP contribution in [0.1, 0.15) is 33.6 Å². The molecule has 1 saturated carbocycles. The van der Waals surface area contributed by atoms with Gasteiger partial charge in [0.1, 0.15) is 0 Å². The van der Waals surface area contributed by atoms with E-state index in [1.807, 2.05) is 0 Å². The highest BCUT2D eigenvalue weighted by Crippen LogP contribution is 2.26. The lowest BCUT2D eigenvalue weighted by Gasteiger charge is -2.15. The Kier molecular flexibility index (Phi) is 3.48. The van der Waals surface area contributed by atoms with Gasteiger partial charge in [-0.1, -0.05) is 22.5 Å². The number of carbonyl (C=O) groups excluding carboxylic acids is 2. The van der Waals surface area contributed by atoms with Crippen LogP contribution in [0, 0.1) is 0 Å². The first-order chi connectivity index (χ1) is 9.56. The topological polar surface area (TPSA) is 49.4 Å². The summed E-state index contributed by atoms with van der Waals surface area (Å²) in [6, 6.07) is 5.74. The molecule has 20 heavy (non-hydrogen) atoms. The lowest BCUT2D eigenvalue weighted by Crippen LogP contribution is -2.34. The molecule has 0 radical (unpaired) electrons. The van der Waals surface area contributed by atoms with Gasteiger partial charge < -0.3 is 5.32 Å². The second-order valence-electron chi connectivity index (χ2n) is 5.29. The van der Waals surface area contributed by atoms with Crippen molar-refractivity contribution in [2.45, 2.75) is 18.9 Å². The van der Waals surface area contributed by atoms with E-state index >= 15 is 0 Å². The third-order valence-electron chi connectivity index (χ3n) is 3.53. The molecule has 1 aromatic rings. The first-order valence-electron chi connectivity index (χ1n) is 6.62.